The van der Waals surface area contributed by atoms with Gasteiger partial charge in [0.05, 0.1) is 11.3 Å². The Hall–Kier alpha value is -2.42. The number of rotatable bonds is 3. The van der Waals surface area contributed by atoms with Gasteiger partial charge in [-0.1, -0.05) is 0 Å². The third kappa shape index (κ3) is 4.04. The summed E-state index contributed by atoms with van der Waals surface area (Å²) in [7, 11) is 0. The van der Waals surface area contributed by atoms with Gasteiger partial charge >= 0.3 is 6.18 Å². The minimum absolute atomic E-state index is 0.125. The third-order valence-corrected chi connectivity index (χ3v) is 4.21. The molecule has 1 fully saturated rings. The lowest BCUT2D eigenvalue weighted by molar-refractivity contribution is -0.137. The molecule has 3 N–H and O–H groups in total. The van der Waals surface area contributed by atoms with Crippen molar-refractivity contribution in [1.29, 1.82) is 0 Å². The minimum atomic E-state index is -4.54. The van der Waals surface area contributed by atoms with Gasteiger partial charge in [0.15, 0.2) is 0 Å². The second kappa shape index (κ2) is 7.06. The molecule has 1 saturated heterocycles. The molecule has 1 aliphatic rings. The second-order valence-corrected chi connectivity index (χ2v) is 6.32. The number of hydrogen-bond donors (Lipinski definition) is 3. The van der Waals surface area contributed by atoms with Crippen molar-refractivity contribution in [3.8, 4) is 17.0 Å². The summed E-state index contributed by atoms with van der Waals surface area (Å²) in [6, 6.07) is 4.65. The number of halogens is 4. The molecular weight excluding hydrogens is 352 g/mol. The first kappa shape index (κ1) is 18.4. The van der Waals surface area contributed by atoms with Crippen molar-refractivity contribution in [2.24, 2.45) is 0 Å². The van der Waals surface area contributed by atoms with Gasteiger partial charge in [0, 0.05) is 31.1 Å². The molecular formula is C17H18F4N4O. The molecule has 0 radical (unpaired) electrons. The van der Waals surface area contributed by atoms with E-state index in [2.05, 4.69) is 20.8 Å². The van der Waals surface area contributed by atoms with E-state index in [0.717, 1.165) is 6.07 Å². The first-order chi connectivity index (χ1) is 12.2. The van der Waals surface area contributed by atoms with Gasteiger partial charge in [0.25, 0.3) is 0 Å². The Bertz CT molecular complexity index is 756. The van der Waals surface area contributed by atoms with E-state index >= 15 is 0 Å². The number of aryl methyl sites for hydroxylation is 1. The van der Waals surface area contributed by atoms with Crippen molar-refractivity contribution in [3.63, 3.8) is 0 Å². The maximum absolute atomic E-state index is 13.4. The molecule has 0 unspecified atom stereocenters. The molecule has 0 spiro atoms. The lowest BCUT2D eigenvalue weighted by Crippen LogP contribution is -2.44. The minimum Gasteiger partial charge on any atom is -0.507 e. The number of phenols is 1. The molecule has 5 nitrogen and oxygen atoms in total. The van der Waals surface area contributed by atoms with Gasteiger partial charge in [-0.2, -0.15) is 13.2 Å². The molecule has 26 heavy (non-hydrogen) atoms. The summed E-state index contributed by atoms with van der Waals surface area (Å²) >= 11 is 0. The van der Waals surface area contributed by atoms with Gasteiger partial charge in [0.1, 0.15) is 17.7 Å². The van der Waals surface area contributed by atoms with Gasteiger partial charge in [-0.05, 0) is 36.8 Å². The number of nitrogens with one attached hydrogen (secondary N) is 2. The van der Waals surface area contributed by atoms with Crippen LogP contribution in [0.2, 0.25) is 0 Å². The average Bonchev–Trinajstić information content (AvgIpc) is 2.55. The van der Waals surface area contributed by atoms with Gasteiger partial charge < -0.3 is 15.7 Å². The number of alkyl halides is 4. The number of phenolic OH excluding ortho intramolecular Hbond substituents is 1. The van der Waals surface area contributed by atoms with Crippen LogP contribution in [0.4, 0.5) is 23.4 Å². The smallest absolute Gasteiger partial charge is 0.416 e. The molecule has 1 aromatic carbocycles. The van der Waals surface area contributed by atoms with Crippen molar-refractivity contribution < 1.29 is 22.7 Å². The van der Waals surface area contributed by atoms with Crippen molar-refractivity contribution in [2.45, 2.75) is 31.7 Å². The maximum atomic E-state index is 13.4. The lowest BCUT2D eigenvalue weighted by Gasteiger charge is -2.26. The zero-order chi connectivity index (χ0) is 18.9. The highest BCUT2D eigenvalue weighted by Crippen LogP contribution is 2.38. The van der Waals surface area contributed by atoms with E-state index in [1.165, 1.54) is 6.92 Å². The van der Waals surface area contributed by atoms with E-state index in [-0.39, 0.29) is 22.9 Å². The fourth-order valence-electron chi connectivity index (χ4n) is 3.02. The van der Waals surface area contributed by atoms with E-state index in [4.69, 9.17) is 0 Å². The Morgan fingerprint density at radius 2 is 1.96 bits per heavy atom. The quantitative estimate of drug-likeness (QED) is 0.724. The summed E-state index contributed by atoms with van der Waals surface area (Å²) in [6.07, 6.45) is -5.11. The standard InChI is InChI=1S/C17H18F4N4O/c1-9-4-10(17(19,20)21)5-14(26)16(9)13-2-3-15(25-24-13)23-12-6-11(18)7-22-8-12/h2-5,11-12,22,26H,6-8H2,1H3,(H,23,25)/t11-,12+/m1/s1. The fraction of sp³-hybridized carbons (Fsp3) is 0.412. The molecule has 140 valence electrons. The lowest BCUT2D eigenvalue weighted by atomic mass is 10.0. The van der Waals surface area contributed by atoms with Crippen molar-refractivity contribution in [2.75, 3.05) is 18.4 Å². The van der Waals surface area contributed by atoms with Crippen LogP contribution in [0.15, 0.2) is 24.3 Å². The number of aromatic nitrogens is 2. The van der Waals surface area contributed by atoms with Gasteiger partial charge in [0.2, 0.25) is 0 Å². The van der Waals surface area contributed by atoms with Gasteiger partial charge in [-0.3, -0.25) is 0 Å². The van der Waals surface area contributed by atoms with Crippen LogP contribution in [0, 0.1) is 6.92 Å². The number of anilines is 1. The first-order valence-corrected chi connectivity index (χ1v) is 8.10. The van der Waals surface area contributed by atoms with E-state index in [0.29, 0.717) is 31.4 Å². The topological polar surface area (TPSA) is 70.1 Å². The number of hydrogen-bond acceptors (Lipinski definition) is 5. The Kier molecular flexibility index (Phi) is 4.99. The molecule has 3 rings (SSSR count). The van der Waals surface area contributed by atoms with E-state index in [1.807, 2.05) is 0 Å². The molecule has 0 amide bonds. The predicted molar refractivity (Wildman–Crippen MR) is 88.7 cm³/mol. The summed E-state index contributed by atoms with van der Waals surface area (Å²) in [5.41, 5.74) is -0.234. The van der Waals surface area contributed by atoms with Crippen LogP contribution in [0.5, 0.6) is 5.75 Å². The molecule has 0 saturated carbocycles. The average molecular weight is 370 g/mol. The first-order valence-electron chi connectivity index (χ1n) is 8.10. The van der Waals surface area contributed by atoms with E-state index in [1.54, 1.807) is 12.1 Å². The Labute approximate surface area is 147 Å². The summed E-state index contributed by atoms with van der Waals surface area (Å²) < 4.78 is 51.8. The van der Waals surface area contributed by atoms with Crippen LogP contribution in [0.25, 0.3) is 11.3 Å². The zero-order valence-electron chi connectivity index (χ0n) is 13.9. The molecule has 0 bridgehead atoms. The molecule has 2 heterocycles. The highest BCUT2D eigenvalue weighted by molar-refractivity contribution is 5.71. The molecule has 9 heteroatoms. The normalized spacial score (nSPS) is 20.8. The SMILES string of the molecule is Cc1cc(C(F)(F)F)cc(O)c1-c1ccc(N[C@@H]2CNC[C@H](F)C2)nn1. The summed E-state index contributed by atoms with van der Waals surface area (Å²) in [4.78, 5) is 0. The second-order valence-electron chi connectivity index (χ2n) is 6.32. The summed E-state index contributed by atoms with van der Waals surface area (Å²) in [5, 5.41) is 24.0. The molecule has 2 aromatic rings. The summed E-state index contributed by atoms with van der Waals surface area (Å²) in [5.74, 6) is -0.0807. The van der Waals surface area contributed by atoms with E-state index < -0.39 is 23.7 Å². The monoisotopic (exact) mass is 370 g/mol. The van der Waals surface area contributed by atoms with Crippen molar-refractivity contribution in [1.82, 2.24) is 15.5 Å². The van der Waals surface area contributed by atoms with Crippen LogP contribution in [0.1, 0.15) is 17.5 Å². The molecule has 0 aliphatic carbocycles. The van der Waals surface area contributed by atoms with Crippen molar-refractivity contribution >= 4 is 5.82 Å². The Morgan fingerprint density at radius 1 is 1.19 bits per heavy atom. The number of aromatic hydroxyl groups is 1. The predicted octanol–water partition coefficient (Wildman–Crippen LogP) is 3.29. The van der Waals surface area contributed by atoms with Crippen LogP contribution in [0.3, 0.4) is 0 Å². The number of benzene rings is 1. The highest BCUT2D eigenvalue weighted by atomic mass is 19.4. The Morgan fingerprint density at radius 3 is 2.54 bits per heavy atom. The number of nitrogens with zero attached hydrogens (tertiary/aromatic N) is 2. The van der Waals surface area contributed by atoms with Crippen molar-refractivity contribution in [3.05, 3.63) is 35.4 Å². The van der Waals surface area contributed by atoms with Gasteiger partial charge in [-0.25, -0.2) is 4.39 Å². The van der Waals surface area contributed by atoms with Crippen LogP contribution < -0.4 is 10.6 Å². The molecule has 1 aliphatic heterocycles. The Balaban J connectivity index is 1.80. The molecule has 1 aromatic heterocycles. The highest BCUT2D eigenvalue weighted by Gasteiger charge is 2.32. The van der Waals surface area contributed by atoms with E-state index in [9.17, 15) is 22.7 Å². The zero-order valence-corrected chi connectivity index (χ0v) is 13.9. The number of piperidine rings is 1. The molecule has 2 atom stereocenters. The maximum Gasteiger partial charge on any atom is 0.416 e. The third-order valence-electron chi connectivity index (χ3n) is 4.21. The summed E-state index contributed by atoms with van der Waals surface area (Å²) in [6.45, 7) is 2.39. The fourth-order valence-corrected chi connectivity index (χ4v) is 3.02. The van der Waals surface area contributed by atoms with Gasteiger partial charge in [-0.15, -0.1) is 10.2 Å². The largest absolute Gasteiger partial charge is 0.507 e. The van der Waals surface area contributed by atoms with Crippen LogP contribution >= 0.6 is 0 Å². The van der Waals surface area contributed by atoms with Crippen LogP contribution in [-0.4, -0.2) is 40.6 Å². The van der Waals surface area contributed by atoms with Crippen LogP contribution in [-0.2, 0) is 6.18 Å².